The first-order chi connectivity index (χ1) is 11.6. The van der Waals surface area contributed by atoms with Crippen molar-refractivity contribution in [2.24, 2.45) is 0 Å². The first kappa shape index (κ1) is 16.7. The third kappa shape index (κ3) is 3.21. The van der Waals surface area contributed by atoms with E-state index in [9.17, 15) is 0 Å². The third-order valence-electron chi connectivity index (χ3n) is 3.93. The second kappa shape index (κ2) is 7.17. The van der Waals surface area contributed by atoms with Gasteiger partial charge in [-0.1, -0.05) is 37.0 Å². The van der Waals surface area contributed by atoms with Crippen LogP contribution >= 0.6 is 11.6 Å². The lowest BCUT2D eigenvalue weighted by Crippen LogP contribution is -2.08. The highest BCUT2D eigenvalue weighted by Gasteiger charge is 2.22. The maximum absolute atomic E-state index is 6.34. The van der Waals surface area contributed by atoms with Gasteiger partial charge in [-0.15, -0.1) is 0 Å². The predicted molar refractivity (Wildman–Crippen MR) is 90.9 cm³/mol. The summed E-state index contributed by atoms with van der Waals surface area (Å²) in [7, 11) is 0. The second-order valence-corrected chi connectivity index (χ2v) is 6.06. The van der Waals surface area contributed by atoms with Crippen LogP contribution in [-0.4, -0.2) is 29.7 Å². The average molecular weight is 349 g/mol. The Hall–Kier alpha value is -2.15. The number of aromatic amines is 1. The number of unbranched alkanes of at least 4 members (excludes halogenated alkanes) is 1. The molecule has 128 valence electrons. The summed E-state index contributed by atoms with van der Waals surface area (Å²) < 4.78 is 7.29. The van der Waals surface area contributed by atoms with E-state index < -0.39 is 0 Å². The molecule has 0 aliphatic heterocycles. The number of aryl methyl sites for hydroxylation is 2. The summed E-state index contributed by atoms with van der Waals surface area (Å²) in [5, 5.41) is 4.46. The Bertz CT molecular complexity index is 805. The van der Waals surface area contributed by atoms with Crippen molar-refractivity contribution in [2.75, 3.05) is 0 Å². The molecule has 1 atom stereocenters. The largest absolute Gasteiger partial charge is 0.337 e. The maximum Gasteiger partial charge on any atom is 0.249 e. The fraction of sp³-hybridized carbons (Fsp3) is 0.500. The molecule has 3 rings (SSSR count). The van der Waals surface area contributed by atoms with E-state index in [0.717, 1.165) is 31.5 Å². The van der Waals surface area contributed by atoms with Crippen LogP contribution in [0.5, 0.6) is 0 Å². The number of hydrogen-bond acceptors (Lipinski definition) is 5. The van der Waals surface area contributed by atoms with Gasteiger partial charge in [0.15, 0.2) is 11.6 Å². The van der Waals surface area contributed by atoms with Gasteiger partial charge in [-0.05, 0) is 13.3 Å². The van der Waals surface area contributed by atoms with E-state index in [1.807, 2.05) is 24.6 Å². The number of aromatic nitrogens is 6. The van der Waals surface area contributed by atoms with Gasteiger partial charge in [0.2, 0.25) is 5.89 Å². The van der Waals surface area contributed by atoms with Crippen LogP contribution in [-0.2, 0) is 12.8 Å². The Labute approximate surface area is 145 Å². The maximum atomic E-state index is 6.34. The molecule has 0 spiro atoms. The van der Waals surface area contributed by atoms with Gasteiger partial charge in [-0.3, -0.25) is 0 Å². The number of halogens is 1. The minimum Gasteiger partial charge on any atom is -0.337 e. The summed E-state index contributed by atoms with van der Waals surface area (Å²) in [5.74, 6) is 2.80. The van der Waals surface area contributed by atoms with Gasteiger partial charge >= 0.3 is 0 Å². The van der Waals surface area contributed by atoms with Crippen LogP contribution in [0, 0.1) is 0 Å². The molecule has 1 N–H and O–H groups in total. The van der Waals surface area contributed by atoms with E-state index >= 15 is 0 Å². The number of H-pyrrole nitrogens is 1. The fourth-order valence-corrected chi connectivity index (χ4v) is 2.75. The van der Waals surface area contributed by atoms with Crippen molar-refractivity contribution >= 4 is 11.6 Å². The molecular formula is C16H21ClN6O. The molecule has 1 unspecified atom stereocenters. The normalized spacial score (nSPS) is 12.7. The van der Waals surface area contributed by atoms with E-state index in [1.54, 1.807) is 6.20 Å². The molecule has 0 aliphatic carbocycles. The van der Waals surface area contributed by atoms with Crippen LogP contribution in [0.1, 0.15) is 57.2 Å². The van der Waals surface area contributed by atoms with Crippen molar-refractivity contribution in [3.63, 3.8) is 0 Å². The van der Waals surface area contributed by atoms with E-state index in [0.29, 0.717) is 28.4 Å². The molecule has 0 radical (unpaired) electrons. The third-order valence-corrected chi connectivity index (χ3v) is 4.20. The van der Waals surface area contributed by atoms with Crippen LogP contribution in [0.2, 0.25) is 5.15 Å². The summed E-state index contributed by atoms with van der Waals surface area (Å²) in [5.41, 5.74) is 0.648. The van der Waals surface area contributed by atoms with E-state index in [-0.39, 0.29) is 6.04 Å². The quantitative estimate of drug-likeness (QED) is 0.701. The van der Waals surface area contributed by atoms with Crippen LogP contribution in [0.15, 0.2) is 16.9 Å². The number of nitrogens with zero attached hydrogens (tertiary/aromatic N) is 5. The zero-order chi connectivity index (χ0) is 17.1. The van der Waals surface area contributed by atoms with E-state index in [1.165, 1.54) is 0 Å². The molecule has 8 heteroatoms. The summed E-state index contributed by atoms with van der Waals surface area (Å²) >= 11 is 6.34. The lowest BCUT2D eigenvalue weighted by molar-refractivity contribution is 0.343. The highest BCUT2D eigenvalue weighted by molar-refractivity contribution is 6.31. The van der Waals surface area contributed by atoms with Gasteiger partial charge in [0.05, 0.1) is 0 Å². The van der Waals surface area contributed by atoms with Crippen molar-refractivity contribution in [2.45, 2.75) is 52.5 Å². The molecule has 3 aromatic heterocycles. The van der Waals surface area contributed by atoms with Crippen LogP contribution in [0.3, 0.4) is 0 Å². The summed E-state index contributed by atoms with van der Waals surface area (Å²) in [6.07, 6.45) is 7.37. The van der Waals surface area contributed by atoms with Gasteiger partial charge in [0.25, 0.3) is 0 Å². The summed E-state index contributed by atoms with van der Waals surface area (Å²) in [4.78, 5) is 16.6. The zero-order valence-electron chi connectivity index (χ0n) is 14.1. The van der Waals surface area contributed by atoms with Gasteiger partial charge in [0, 0.05) is 25.2 Å². The fourth-order valence-electron chi connectivity index (χ4n) is 2.52. The monoisotopic (exact) mass is 348 g/mol. The molecule has 24 heavy (non-hydrogen) atoms. The zero-order valence-corrected chi connectivity index (χ0v) is 14.8. The van der Waals surface area contributed by atoms with Gasteiger partial charge in [-0.2, -0.15) is 4.98 Å². The molecule has 3 heterocycles. The van der Waals surface area contributed by atoms with E-state index in [4.69, 9.17) is 16.1 Å². The van der Waals surface area contributed by atoms with Crippen molar-refractivity contribution < 1.29 is 4.52 Å². The number of imidazole rings is 2. The number of rotatable bonds is 7. The standard InChI is InChI=1S/C16H21ClN6O/c1-4-6-7-12-19-13(14(17)20-12)15-18-8-9-23(15)10(3)16-21-11(5-2)22-24-16/h8-10H,4-7H2,1-3H3,(H,19,20). The molecule has 0 amide bonds. The first-order valence-corrected chi connectivity index (χ1v) is 8.61. The molecule has 0 bridgehead atoms. The summed E-state index contributed by atoms with van der Waals surface area (Å²) in [6, 6.07) is -0.151. The van der Waals surface area contributed by atoms with Crippen molar-refractivity contribution in [1.82, 2.24) is 29.7 Å². The molecule has 0 saturated heterocycles. The van der Waals surface area contributed by atoms with Gasteiger partial charge in [-0.25, -0.2) is 9.97 Å². The highest BCUT2D eigenvalue weighted by Crippen LogP contribution is 2.28. The van der Waals surface area contributed by atoms with Crippen molar-refractivity contribution in [3.8, 4) is 11.5 Å². The topological polar surface area (TPSA) is 85.4 Å². The van der Waals surface area contributed by atoms with E-state index in [2.05, 4.69) is 32.0 Å². The smallest absolute Gasteiger partial charge is 0.249 e. The van der Waals surface area contributed by atoms with Crippen LogP contribution < -0.4 is 0 Å². The molecular weight excluding hydrogens is 328 g/mol. The second-order valence-electron chi connectivity index (χ2n) is 5.69. The first-order valence-electron chi connectivity index (χ1n) is 8.24. The molecule has 0 aromatic carbocycles. The molecule has 0 aliphatic rings. The van der Waals surface area contributed by atoms with Gasteiger partial charge < -0.3 is 14.1 Å². The Morgan fingerprint density at radius 2 is 2.17 bits per heavy atom. The lowest BCUT2D eigenvalue weighted by Gasteiger charge is -2.11. The van der Waals surface area contributed by atoms with Crippen molar-refractivity contribution in [1.29, 1.82) is 0 Å². The van der Waals surface area contributed by atoms with Crippen molar-refractivity contribution in [3.05, 3.63) is 35.1 Å². The minimum absolute atomic E-state index is 0.151. The lowest BCUT2D eigenvalue weighted by atomic mass is 10.2. The van der Waals surface area contributed by atoms with Gasteiger partial charge in [0.1, 0.15) is 22.7 Å². The molecule has 0 saturated carbocycles. The molecule has 3 aromatic rings. The summed E-state index contributed by atoms with van der Waals surface area (Å²) in [6.45, 7) is 6.12. The molecule has 0 fully saturated rings. The average Bonchev–Trinajstić information content (AvgIpc) is 3.31. The number of hydrogen-bond donors (Lipinski definition) is 1. The number of nitrogens with one attached hydrogen (secondary N) is 1. The molecule has 7 nitrogen and oxygen atoms in total. The Morgan fingerprint density at radius 3 is 2.88 bits per heavy atom. The Kier molecular flexibility index (Phi) is 4.99. The predicted octanol–water partition coefficient (Wildman–Crippen LogP) is 3.82. The SMILES string of the molecule is CCCCc1nc(-c2nccn2C(C)c2nc(CC)no2)c(Cl)[nH]1. The Balaban J connectivity index is 1.91. The van der Waals surface area contributed by atoms with Crippen LogP contribution in [0.25, 0.3) is 11.5 Å². The minimum atomic E-state index is -0.151. The highest BCUT2D eigenvalue weighted by atomic mass is 35.5. The Morgan fingerprint density at radius 1 is 1.33 bits per heavy atom. The van der Waals surface area contributed by atoms with Crippen LogP contribution in [0.4, 0.5) is 0 Å².